The van der Waals surface area contributed by atoms with Crippen LogP contribution in [-0.4, -0.2) is 153 Å². The van der Waals surface area contributed by atoms with E-state index in [9.17, 15) is 0 Å². The number of aromatic nitrogens is 2. The molecule has 0 aliphatic rings. The zero-order valence-corrected chi connectivity index (χ0v) is 41.5. The standard InChI is InChI=1S/C16H12N2.C6H7BO2.3C2H6.CH4.5K.H/c1-2-6-16-17-14-10-9-13(11-15(14)18-16)12-7-4-3-5-8-12;8-7(9)6-4-2-1-3-5-6;3*1-2;;;;;;;/h3-5,7-11H,1H3,(H,17,18);1-5,8-9H;3*1-2H3;1H4;;;;;;/q;;;;;;;;;;+1;-1. The second-order valence-corrected chi connectivity index (χ2v) is 5.84. The molecule has 0 atom stereocenters. The van der Waals surface area contributed by atoms with Crippen LogP contribution >= 0.6 is 0 Å². The molecule has 188 valence electrons. The molecule has 0 amide bonds. The first-order valence-electron chi connectivity index (χ1n) is 13.6. The quantitative estimate of drug-likeness (QED) is 0.229. The molecule has 1 heterocycles. The summed E-state index contributed by atoms with van der Waals surface area (Å²) in [7, 11) is -1.34. The Balaban J connectivity index is -0.000000113. The number of rotatable bonds is 2. The number of fused-ring (bicyclic) bond motifs is 1. The van der Waals surface area contributed by atoms with E-state index in [0.29, 0.717) is 5.46 Å². The predicted molar refractivity (Wildman–Crippen MR) is 175 cm³/mol. The molecule has 1 aromatic heterocycles. The fraction of sp³-hybridized carbons (Fsp3) is 0.276. The van der Waals surface area contributed by atoms with Crippen LogP contribution in [-0.2, 0) is 0 Å². The number of nitrogens with one attached hydrogen (secondary N) is 1. The maximum absolute atomic E-state index is 8.58. The molecular weight excluding hydrogens is 615 g/mol. The Morgan fingerprint density at radius 3 is 1.62 bits per heavy atom. The summed E-state index contributed by atoms with van der Waals surface area (Å²) in [5.41, 5.74) is 4.89. The average Bonchev–Trinajstić information content (AvgIpc) is 3.41. The Kier molecular flexibility index (Phi) is 55.9. The minimum atomic E-state index is -1.34. The van der Waals surface area contributed by atoms with Crippen molar-refractivity contribution in [1.29, 1.82) is 0 Å². The normalized spacial score (nSPS) is 7.62. The summed E-state index contributed by atoms with van der Waals surface area (Å²) in [5.74, 6) is 6.51. The monoisotopic (exact) mass is 656 g/mol. The summed E-state index contributed by atoms with van der Waals surface area (Å²) in [6.45, 7) is 13.8. The molecule has 0 saturated heterocycles. The van der Waals surface area contributed by atoms with E-state index in [1.54, 1.807) is 24.3 Å². The molecule has 0 unspecified atom stereocenters. The van der Waals surface area contributed by atoms with Crippen molar-refractivity contribution in [1.82, 2.24) is 9.97 Å². The van der Waals surface area contributed by atoms with Crippen molar-refractivity contribution in [2.45, 2.75) is 55.9 Å². The van der Waals surface area contributed by atoms with Gasteiger partial charge in [0.15, 0.2) is 5.82 Å². The molecule has 0 radical (unpaired) electrons. The number of aromatic amines is 1. The summed E-state index contributed by atoms with van der Waals surface area (Å²) >= 11 is 5.00. The van der Waals surface area contributed by atoms with Crippen molar-refractivity contribution in [3.05, 3.63) is 84.7 Å². The van der Waals surface area contributed by atoms with Gasteiger partial charge in [-0.05, 0) is 41.6 Å². The Morgan fingerprint density at radius 1 is 0.744 bits per heavy atom. The minimum absolute atomic E-state index is 0. The second kappa shape index (κ2) is 40.9. The molecule has 4 aromatic rings. The van der Waals surface area contributed by atoms with E-state index in [2.05, 4.69) is 46.1 Å². The Morgan fingerprint density at radius 2 is 1.21 bits per heavy atom. The summed E-state index contributed by atoms with van der Waals surface area (Å²) in [6.07, 6.45) is 0. The van der Waals surface area contributed by atoms with E-state index in [-0.39, 0.29) is 60.2 Å². The molecule has 0 fully saturated rings. The van der Waals surface area contributed by atoms with E-state index in [0.717, 1.165) is 16.9 Å². The molecular formula is C29H42BK5N2O2. The van der Waals surface area contributed by atoms with Gasteiger partial charge in [0.2, 0.25) is 0 Å². The van der Waals surface area contributed by atoms with Crippen molar-refractivity contribution >= 4 is 150 Å². The number of H-pyrrole nitrogens is 1. The zero-order chi connectivity index (χ0) is 29.1. The van der Waals surface area contributed by atoms with Crippen LogP contribution in [0.25, 0.3) is 22.2 Å². The first kappa shape index (κ1) is 53.4. The summed E-state index contributed by atoms with van der Waals surface area (Å²) in [5, 5.41) is 17.2. The summed E-state index contributed by atoms with van der Waals surface area (Å²) < 4.78 is 0. The van der Waals surface area contributed by atoms with Crippen LogP contribution in [0.15, 0.2) is 78.9 Å². The van der Waals surface area contributed by atoms with Crippen LogP contribution in [0.3, 0.4) is 0 Å². The van der Waals surface area contributed by atoms with Crippen molar-refractivity contribution in [3.63, 3.8) is 0 Å². The van der Waals surface area contributed by atoms with Gasteiger partial charge in [-0.25, -0.2) is 4.98 Å². The third kappa shape index (κ3) is 25.6. The van der Waals surface area contributed by atoms with E-state index in [1.807, 2.05) is 78.8 Å². The van der Waals surface area contributed by atoms with Gasteiger partial charge in [-0.3, -0.25) is 0 Å². The van der Waals surface area contributed by atoms with Gasteiger partial charge in [-0.15, -0.1) is 0 Å². The first-order valence-corrected chi connectivity index (χ1v) is 45.6. The van der Waals surface area contributed by atoms with Crippen molar-refractivity contribution in [2.24, 2.45) is 0 Å². The van der Waals surface area contributed by atoms with Crippen molar-refractivity contribution < 1.29 is 62.9 Å². The third-order valence-corrected chi connectivity index (χ3v) is 3.93. The molecule has 0 bridgehead atoms. The van der Waals surface area contributed by atoms with Crippen LogP contribution in [0.2, 0.25) is 0 Å². The third-order valence-electron chi connectivity index (χ3n) is 3.93. The average molecular weight is 657 g/mol. The van der Waals surface area contributed by atoms with E-state index < -0.39 is 7.12 Å². The van der Waals surface area contributed by atoms with Gasteiger partial charge in [-0.1, -0.05) is 122 Å². The molecule has 10 heteroatoms. The fourth-order valence-corrected chi connectivity index (χ4v) is 2.62. The fourth-order valence-electron chi connectivity index (χ4n) is 2.62. The molecule has 0 aliphatic heterocycles. The maximum atomic E-state index is 8.58. The van der Waals surface area contributed by atoms with Crippen LogP contribution in [0.1, 0.15) is 63.1 Å². The Bertz CT molecular complexity index is 1100. The van der Waals surface area contributed by atoms with Gasteiger partial charge in [-0.2, -0.15) is 0 Å². The Labute approximate surface area is 374 Å². The van der Waals surface area contributed by atoms with Gasteiger partial charge in [0.05, 0.1) is 11.0 Å². The van der Waals surface area contributed by atoms with Crippen LogP contribution in [0, 0.1) is 11.8 Å². The van der Waals surface area contributed by atoms with E-state index in [4.69, 9.17) is 10.0 Å². The van der Waals surface area contributed by atoms with Gasteiger partial charge in [0.1, 0.15) is 0 Å². The zero-order valence-electron chi connectivity index (χ0n) is 26.9. The molecule has 0 spiro atoms. The molecule has 3 aromatic carbocycles. The molecule has 3 N–H and O–H groups in total. The number of nitrogens with zero attached hydrogens (tertiary/aromatic N) is 1. The molecule has 39 heavy (non-hydrogen) atoms. The van der Waals surface area contributed by atoms with Crippen molar-refractivity contribution in [2.75, 3.05) is 0 Å². The van der Waals surface area contributed by atoms with E-state index >= 15 is 0 Å². The van der Waals surface area contributed by atoms with Crippen LogP contribution < -0.4 is 56.8 Å². The Hall–Kier alpha value is 4.86. The molecule has 4 nitrogen and oxygen atoms in total. The predicted octanol–water partition coefficient (Wildman–Crippen LogP) is 2.28. The topological polar surface area (TPSA) is 69.1 Å². The first-order chi connectivity index (χ1) is 18.2. The number of hydrogen-bond donors (Lipinski definition) is 3. The van der Waals surface area contributed by atoms with Gasteiger partial charge in [0, 0.05) is 0 Å². The van der Waals surface area contributed by atoms with Crippen molar-refractivity contribution in [3.8, 4) is 23.0 Å². The van der Waals surface area contributed by atoms with Gasteiger partial charge in [0.25, 0.3) is 0 Å². The molecule has 0 aliphatic carbocycles. The van der Waals surface area contributed by atoms with Gasteiger partial charge >= 0.3 is 185 Å². The number of imidazole rings is 1. The van der Waals surface area contributed by atoms with Gasteiger partial charge < -0.3 is 16.5 Å². The number of hydrogen-bond acceptors (Lipinski definition) is 3. The molecule has 0 saturated carbocycles. The SMILES string of the molecule is C.CC.CC.CC.CC#Cc1nc2ccc(-c3ccccc3)cc2[nH]1.OB(O)c1ccccc1.[H-].[K+].[K][K].[K][K]. The van der Waals surface area contributed by atoms with E-state index in [1.165, 1.54) is 137 Å². The number of benzene rings is 3. The molecule has 4 rings (SSSR count). The second-order valence-electron chi connectivity index (χ2n) is 5.84. The summed E-state index contributed by atoms with van der Waals surface area (Å²) in [6, 6.07) is 25.2. The summed E-state index contributed by atoms with van der Waals surface area (Å²) in [4.78, 5) is 7.63. The van der Waals surface area contributed by atoms with Crippen LogP contribution in [0.4, 0.5) is 0 Å². The van der Waals surface area contributed by atoms with Crippen LogP contribution in [0.5, 0.6) is 0 Å².